The average Bonchev–Trinajstić information content (AvgIpc) is 1.74. The van der Waals surface area contributed by atoms with Crippen LogP contribution in [0, 0.1) is 0 Å². The van der Waals surface area contributed by atoms with E-state index in [9.17, 15) is 5.11 Å². The molecule has 0 unspecified atom stereocenters. The van der Waals surface area contributed by atoms with Gasteiger partial charge in [-0.05, 0) is 6.04 Å². The summed E-state index contributed by atoms with van der Waals surface area (Å²) in [5.41, 5.74) is 2.98. The van der Waals surface area contributed by atoms with E-state index < -0.39 is 24.2 Å². The zero-order valence-electron chi connectivity index (χ0n) is 11.8. The topological polar surface area (TPSA) is 20.2 Å². The summed E-state index contributed by atoms with van der Waals surface area (Å²) in [5.74, 6) is 0. The van der Waals surface area contributed by atoms with E-state index in [1.807, 2.05) is 0 Å². The number of hydrogen-bond acceptors (Lipinski definition) is 1. The Morgan fingerprint density at radius 1 is 0.733 bits per heavy atom. The molecule has 1 N–H and O–H groups in total. The lowest BCUT2D eigenvalue weighted by molar-refractivity contribution is 0.316. The predicted octanol–water partition coefficient (Wildman–Crippen LogP) is 3.81. The Balaban J connectivity index is 4.59. The third-order valence-corrected chi connectivity index (χ3v) is 19.4. The minimum absolute atomic E-state index is 0.414. The summed E-state index contributed by atoms with van der Waals surface area (Å²) in [6, 6.07) is 1.13. The maximum absolute atomic E-state index is 9.26. The molecule has 0 saturated carbocycles. The van der Waals surface area contributed by atoms with Gasteiger partial charge in [-0.3, -0.25) is 0 Å². The number of hydrogen-bond donors (Lipinski definition) is 1. The summed E-state index contributed by atoms with van der Waals surface area (Å²) in [4.78, 5) is 0. The van der Waals surface area contributed by atoms with Gasteiger partial charge in [-0.2, -0.15) is 0 Å². The van der Waals surface area contributed by atoms with Gasteiger partial charge in [0.25, 0.3) is 0 Å². The lowest BCUT2D eigenvalue weighted by atomic mass is 10.9. The molecule has 0 spiro atoms. The van der Waals surface area contributed by atoms with Crippen molar-refractivity contribution in [2.24, 2.45) is 0 Å². The number of aliphatic hydroxyl groups excluding tert-OH is 1. The monoisotopic (exact) mass is 262 g/mol. The molecular formula is C11H30OSi3. The number of aliphatic hydroxyl groups is 1. The van der Waals surface area contributed by atoms with Crippen molar-refractivity contribution in [2.45, 2.75) is 63.2 Å². The van der Waals surface area contributed by atoms with Gasteiger partial charge in [0.15, 0.2) is 0 Å². The van der Waals surface area contributed by atoms with Gasteiger partial charge >= 0.3 is 0 Å². The first-order valence-corrected chi connectivity index (χ1v) is 16.6. The summed E-state index contributed by atoms with van der Waals surface area (Å²) in [7, 11) is -3.06. The summed E-state index contributed by atoms with van der Waals surface area (Å²) >= 11 is 0. The largest absolute Gasteiger partial charge is 0.397 e. The molecule has 1 nitrogen and oxygen atoms in total. The lowest BCUT2D eigenvalue weighted by Crippen LogP contribution is -2.46. The zero-order valence-corrected chi connectivity index (χ0v) is 14.8. The standard InChI is InChI=1S/C11H30OSi3/c1-13(2,3)10-15(7,9-8-12)11-14(4,5)6/h12H,8-11H2,1-7H3. The normalized spacial score (nSPS) is 14.4. The summed E-state index contributed by atoms with van der Waals surface area (Å²) in [6.45, 7) is 17.8. The van der Waals surface area contributed by atoms with Crippen molar-refractivity contribution in [3.8, 4) is 0 Å². The van der Waals surface area contributed by atoms with Crippen LogP contribution in [-0.2, 0) is 0 Å². The molecule has 0 saturated heterocycles. The summed E-state index contributed by atoms with van der Waals surface area (Å²) < 4.78 is 0. The molecule has 0 atom stereocenters. The van der Waals surface area contributed by atoms with Crippen LogP contribution in [0.4, 0.5) is 0 Å². The van der Waals surface area contributed by atoms with Crippen LogP contribution < -0.4 is 0 Å². The SMILES string of the molecule is C[Si](C)(C)C[Si](C)(CCO)C[Si](C)(C)C. The van der Waals surface area contributed by atoms with E-state index >= 15 is 0 Å². The zero-order chi connectivity index (χ0) is 12.3. The van der Waals surface area contributed by atoms with Gasteiger partial charge in [-0.25, -0.2) is 0 Å². The van der Waals surface area contributed by atoms with Gasteiger partial charge in [-0.15, -0.1) is 0 Å². The van der Waals surface area contributed by atoms with E-state index in [1.165, 1.54) is 11.3 Å². The highest BCUT2D eigenvalue weighted by Gasteiger charge is 2.36. The molecule has 0 aromatic rings. The van der Waals surface area contributed by atoms with Crippen LogP contribution in [0.25, 0.3) is 0 Å². The van der Waals surface area contributed by atoms with Crippen molar-refractivity contribution >= 4 is 24.2 Å². The molecule has 0 aliphatic rings. The summed E-state index contributed by atoms with van der Waals surface area (Å²) in [6.07, 6.45) is 0. The van der Waals surface area contributed by atoms with Crippen molar-refractivity contribution in [2.75, 3.05) is 6.61 Å². The molecule has 0 aromatic heterocycles. The highest BCUT2D eigenvalue weighted by molar-refractivity contribution is 7.02. The first-order valence-electron chi connectivity index (χ1n) is 6.08. The quantitative estimate of drug-likeness (QED) is 0.722. The fourth-order valence-corrected chi connectivity index (χ4v) is 27.1. The highest BCUT2D eigenvalue weighted by atomic mass is 28.4. The van der Waals surface area contributed by atoms with Crippen molar-refractivity contribution < 1.29 is 5.11 Å². The molecule has 0 heterocycles. The van der Waals surface area contributed by atoms with Crippen LogP contribution in [0.3, 0.4) is 0 Å². The van der Waals surface area contributed by atoms with Crippen LogP contribution >= 0.6 is 0 Å². The van der Waals surface area contributed by atoms with Gasteiger partial charge in [0, 0.05) is 30.8 Å². The van der Waals surface area contributed by atoms with Crippen LogP contribution in [0.15, 0.2) is 0 Å². The molecule has 0 fully saturated rings. The fourth-order valence-electron chi connectivity index (χ4n) is 3.07. The molecule has 0 rings (SSSR count). The van der Waals surface area contributed by atoms with E-state index in [-0.39, 0.29) is 0 Å². The van der Waals surface area contributed by atoms with Crippen LogP contribution in [-0.4, -0.2) is 35.9 Å². The molecule has 0 aliphatic carbocycles. The predicted molar refractivity (Wildman–Crippen MR) is 79.8 cm³/mol. The number of rotatable bonds is 6. The second-order valence-electron chi connectivity index (χ2n) is 7.76. The second kappa shape index (κ2) is 5.29. The van der Waals surface area contributed by atoms with Crippen molar-refractivity contribution in [1.29, 1.82) is 0 Å². The van der Waals surface area contributed by atoms with Crippen LogP contribution in [0.2, 0.25) is 63.2 Å². The molecule has 15 heavy (non-hydrogen) atoms. The van der Waals surface area contributed by atoms with Crippen molar-refractivity contribution in [3.63, 3.8) is 0 Å². The Hall–Kier alpha value is 0.611. The van der Waals surface area contributed by atoms with Gasteiger partial charge in [-0.1, -0.05) is 57.2 Å². The molecule has 0 aliphatic heterocycles. The molecule has 0 bridgehead atoms. The van der Waals surface area contributed by atoms with Gasteiger partial charge in [0.1, 0.15) is 0 Å². The van der Waals surface area contributed by atoms with Gasteiger partial charge < -0.3 is 5.11 Å². The molecular weight excluding hydrogens is 232 g/mol. The third-order valence-electron chi connectivity index (χ3n) is 2.63. The van der Waals surface area contributed by atoms with E-state index in [4.69, 9.17) is 0 Å². The molecule has 92 valence electrons. The Morgan fingerprint density at radius 2 is 1.07 bits per heavy atom. The Labute approximate surface area is 99.3 Å². The Kier molecular flexibility index (Phi) is 5.51. The van der Waals surface area contributed by atoms with E-state index in [1.54, 1.807) is 0 Å². The Morgan fingerprint density at radius 3 is 1.27 bits per heavy atom. The maximum Gasteiger partial charge on any atom is 0.0475 e. The minimum atomic E-state index is -1.15. The lowest BCUT2D eigenvalue weighted by Gasteiger charge is -2.37. The fraction of sp³-hybridized carbons (Fsp3) is 1.00. The van der Waals surface area contributed by atoms with Crippen molar-refractivity contribution in [1.82, 2.24) is 0 Å². The van der Waals surface area contributed by atoms with Gasteiger partial charge in [0.2, 0.25) is 0 Å². The molecule has 0 amide bonds. The Bertz CT molecular complexity index is 175. The second-order valence-corrected chi connectivity index (χ2v) is 25.0. The molecule has 4 heteroatoms. The molecule has 0 aromatic carbocycles. The first kappa shape index (κ1) is 15.6. The average molecular weight is 263 g/mol. The van der Waals surface area contributed by atoms with Crippen molar-refractivity contribution in [3.05, 3.63) is 0 Å². The van der Waals surface area contributed by atoms with Crippen LogP contribution in [0.5, 0.6) is 0 Å². The third kappa shape index (κ3) is 8.42. The summed E-state index contributed by atoms with van der Waals surface area (Å²) in [5, 5.41) is 9.26. The van der Waals surface area contributed by atoms with E-state index in [2.05, 4.69) is 45.8 Å². The van der Waals surface area contributed by atoms with Crippen LogP contribution in [0.1, 0.15) is 0 Å². The first-order chi connectivity index (χ1) is 6.47. The van der Waals surface area contributed by atoms with E-state index in [0.717, 1.165) is 6.04 Å². The maximum atomic E-state index is 9.26. The smallest absolute Gasteiger partial charge is 0.0475 e. The van der Waals surface area contributed by atoms with E-state index in [0.29, 0.717) is 6.61 Å². The molecule has 0 radical (unpaired) electrons. The van der Waals surface area contributed by atoms with Gasteiger partial charge in [0.05, 0.1) is 0 Å². The minimum Gasteiger partial charge on any atom is -0.397 e. The highest BCUT2D eigenvalue weighted by Crippen LogP contribution is 2.30.